The van der Waals surface area contributed by atoms with E-state index in [-0.39, 0.29) is 53.9 Å². The molecule has 0 spiro atoms. The van der Waals surface area contributed by atoms with Gasteiger partial charge in [-0.2, -0.15) is 0 Å². The van der Waals surface area contributed by atoms with Gasteiger partial charge in [0.05, 0.1) is 61.6 Å². The Bertz CT molecular complexity index is 1770. The van der Waals surface area contributed by atoms with Crippen molar-refractivity contribution in [2.45, 2.75) is 52.4 Å². The summed E-state index contributed by atoms with van der Waals surface area (Å²) >= 11 is 28.7. The van der Waals surface area contributed by atoms with Crippen molar-refractivity contribution in [3.8, 4) is 29.0 Å². The zero-order chi connectivity index (χ0) is 39.1. The summed E-state index contributed by atoms with van der Waals surface area (Å²) in [4.78, 5) is 28.0. The van der Waals surface area contributed by atoms with Gasteiger partial charge in [-0.1, -0.05) is 85.7 Å². The predicted molar refractivity (Wildman–Crippen MR) is 203 cm³/mol. The summed E-state index contributed by atoms with van der Waals surface area (Å²) in [6.45, 7) is 10.0. The molecule has 18 heteroatoms. The smallest absolute Gasteiger partial charge is 0.272 e. The summed E-state index contributed by atoms with van der Waals surface area (Å²) in [6.07, 6.45) is 5.41. The van der Waals surface area contributed by atoms with E-state index in [1.54, 1.807) is 26.4 Å². The number of non-ortho nitro benzene ring substituents is 2. The van der Waals surface area contributed by atoms with Gasteiger partial charge in [0.25, 0.3) is 11.4 Å². The zero-order valence-electron chi connectivity index (χ0n) is 29.0. The molecule has 0 saturated carbocycles. The SMILES string of the molecule is C1CCOC1.COc1ncc(O)cc1C(C)C.COc1ncc(Oc2c(Cl)cc([N+](=O)[O-])cc2Cl)cc1C(C)C.O=[N+]([O-])c1cc(Cl)c(Cl)c(Cl)c1. The fourth-order valence-corrected chi connectivity index (χ4v) is 5.29. The lowest BCUT2D eigenvalue weighted by molar-refractivity contribution is -0.385. The van der Waals surface area contributed by atoms with Crippen LogP contribution in [0.4, 0.5) is 11.4 Å². The second-order valence-corrected chi connectivity index (χ2v) is 13.3. The molecule has 1 aliphatic rings. The van der Waals surface area contributed by atoms with E-state index >= 15 is 0 Å². The molecule has 1 N–H and O–H groups in total. The Hall–Kier alpha value is -3.85. The number of nitro groups is 2. The maximum atomic E-state index is 10.8. The summed E-state index contributed by atoms with van der Waals surface area (Å²) in [5, 5.41) is 30.6. The Morgan fingerprint density at radius 3 is 1.52 bits per heavy atom. The highest BCUT2D eigenvalue weighted by Crippen LogP contribution is 2.40. The average Bonchev–Trinajstić information content (AvgIpc) is 3.69. The van der Waals surface area contributed by atoms with E-state index in [1.165, 1.54) is 37.4 Å². The molecule has 0 radical (unpaired) electrons. The summed E-state index contributed by atoms with van der Waals surface area (Å²) in [5.74, 6) is 2.30. The van der Waals surface area contributed by atoms with Gasteiger partial charge in [-0.15, -0.1) is 0 Å². The van der Waals surface area contributed by atoms with Crippen LogP contribution in [0.3, 0.4) is 0 Å². The highest BCUT2D eigenvalue weighted by atomic mass is 35.5. The number of pyridine rings is 2. The first kappa shape index (κ1) is 44.3. The summed E-state index contributed by atoms with van der Waals surface area (Å²) in [7, 11) is 3.12. The van der Waals surface area contributed by atoms with Crippen molar-refractivity contribution >= 4 is 69.4 Å². The van der Waals surface area contributed by atoms with Crippen LogP contribution < -0.4 is 14.2 Å². The molecule has 0 bridgehead atoms. The fourth-order valence-electron chi connectivity index (χ4n) is 4.16. The van der Waals surface area contributed by atoms with E-state index < -0.39 is 9.85 Å². The first-order valence-corrected chi connectivity index (χ1v) is 17.3. The van der Waals surface area contributed by atoms with Crippen LogP contribution in [0.1, 0.15) is 63.5 Å². The molecule has 0 unspecified atom stereocenters. The Balaban J connectivity index is 0.000000271. The van der Waals surface area contributed by atoms with Crippen molar-refractivity contribution in [2.24, 2.45) is 0 Å². The maximum Gasteiger partial charge on any atom is 0.272 e. The Kier molecular flexibility index (Phi) is 18.4. The van der Waals surface area contributed by atoms with Gasteiger partial charge in [0.2, 0.25) is 11.8 Å². The molecule has 52 heavy (non-hydrogen) atoms. The maximum absolute atomic E-state index is 10.8. The molecule has 1 fully saturated rings. The van der Waals surface area contributed by atoms with Crippen molar-refractivity contribution < 1.29 is 33.9 Å². The molecule has 2 aromatic heterocycles. The van der Waals surface area contributed by atoms with Gasteiger partial charge in [0, 0.05) is 48.6 Å². The molecule has 5 rings (SSSR count). The summed E-state index contributed by atoms with van der Waals surface area (Å²) in [5.41, 5.74) is 1.41. The minimum absolute atomic E-state index is 0.0473. The number of aromatic hydroxyl groups is 1. The van der Waals surface area contributed by atoms with Crippen LogP contribution in [0.2, 0.25) is 25.1 Å². The first-order valence-electron chi connectivity index (χ1n) is 15.4. The third kappa shape index (κ3) is 13.6. The van der Waals surface area contributed by atoms with Gasteiger partial charge in [0.1, 0.15) is 11.5 Å². The molecule has 13 nitrogen and oxygen atoms in total. The standard InChI is InChI=1S/C15H14Cl2N2O4.C9H13NO2.C6H2Cl3NO2.C4H8O/c1-8(2)11-6-10(7-18-15(11)22-3)23-14-12(16)4-9(19(20)21)5-13(14)17;1-6(2)8-4-7(11)5-10-9(8)12-3;7-4-1-3(10(11)12)2-5(8)6(4)9;1-2-4-5-3-1/h4-8H,1-3H3;4-6,11H,1-3H3;1-2H;1-4H2. The Morgan fingerprint density at radius 2 is 1.13 bits per heavy atom. The molecule has 0 atom stereocenters. The fraction of sp³-hybridized carbons (Fsp3) is 0.353. The number of rotatable bonds is 8. The second kappa shape index (κ2) is 21.6. The molecule has 0 aliphatic carbocycles. The van der Waals surface area contributed by atoms with Gasteiger partial charge in [-0.05, 0) is 36.8 Å². The number of hydrogen-bond acceptors (Lipinski definition) is 11. The van der Waals surface area contributed by atoms with E-state index in [2.05, 4.69) is 9.97 Å². The molecule has 1 aliphatic heterocycles. The number of ether oxygens (including phenoxy) is 4. The molecule has 282 valence electrons. The topological polar surface area (TPSA) is 169 Å². The number of methoxy groups -OCH3 is 2. The van der Waals surface area contributed by atoms with E-state index in [0.717, 1.165) is 36.5 Å². The minimum Gasteiger partial charge on any atom is -0.506 e. The third-order valence-corrected chi connectivity index (χ3v) is 8.53. The van der Waals surface area contributed by atoms with Gasteiger partial charge in [-0.3, -0.25) is 20.2 Å². The monoisotopic (exact) mass is 820 g/mol. The van der Waals surface area contributed by atoms with Gasteiger partial charge < -0.3 is 24.1 Å². The number of aromatic nitrogens is 2. The van der Waals surface area contributed by atoms with Crippen LogP contribution in [-0.4, -0.2) is 52.4 Å². The third-order valence-electron chi connectivity index (χ3n) is 6.77. The summed E-state index contributed by atoms with van der Waals surface area (Å²) in [6, 6.07) is 8.11. The van der Waals surface area contributed by atoms with Crippen LogP contribution in [0.25, 0.3) is 0 Å². The van der Waals surface area contributed by atoms with Crippen LogP contribution >= 0.6 is 58.0 Å². The number of benzene rings is 2. The van der Waals surface area contributed by atoms with Crippen LogP contribution in [-0.2, 0) is 4.74 Å². The lowest BCUT2D eigenvalue weighted by Gasteiger charge is -2.14. The van der Waals surface area contributed by atoms with E-state index in [0.29, 0.717) is 23.4 Å². The van der Waals surface area contributed by atoms with Crippen molar-refractivity contribution in [2.75, 3.05) is 27.4 Å². The van der Waals surface area contributed by atoms with Gasteiger partial charge in [-0.25, -0.2) is 9.97 Å². The largest absolute Gasteiger partial charge is 0.506 e. The van der Waals surface area contributed by atoms with Crippen molar-refractivity contribution in [1.29, 1.82) is 0 Å². The Morgan fingerprint density at radius 1 is 0.712 bits per heavy atom. The number of nitrogens with zero attached hydrogens (tertiary/aromatic N) is 4. The molecule has 2 aromatic carbocycles. The van der Waals surface area contributed by atoms with Gasteiger partial charge in [0.15, 0.2) is 5.75 Å². The lowest BCUT2D eigenvalue weighted by Crippen LogP contribution is -1.98. The molecule has 3 heterocycles. The number of halogens is 5. The normalized spacial score (nSPS) is 11.7. The van der Waals surface area contributed by atoms with E-state index in [9.17, 15) is 20.2 Å². The molecule has 1 saturated heterocycles. The average molecular weight is 823 g/mol. The quantitative estimate of drug-likeness (QED) is 0.102. The number of hydrogen-bond donors (Lipinski definition) is 1. The predicted octanol–water partition coefficient (Wildman–Crippen LogP) is 11.5. The van der Waals surface area contributed by atoms with Gasteiger partial charge >= 0.3 is 0 Å². The highest BCUT2D eigenvalue weighted by Gasteiger charge is 2.18. The van der Waals surface area contributed by atoms with Crippen molar-refractivity contribution in [3.05, 3.63) is 105 Å². The van der Waals surface area contributed by atoms with Crippen molar-refractivity contribution in [1.82, 2.24) is 9.97 Å². The summed E-state index contributed by atoms with van der Waals surface area (Å²) < 4.78 is 20.9. The molecular weight excluding hydrogens is 786 g/mol. The van der Waals surface area contributed by atoms with E-state index in [1.807, 2.05) is 27.7 Å². The lowest BCUT2D eigenvalue weighted by atomic mass is 10.1. The second-order valence-electron chi connectivity index (χ2n) is 11.3. The van der Waals surface area contributed by atoms with Crippen LogP contribution in [0.5, 0.6) is 29.0 Å². The minimum atomic E-state index is -0.589. The number of nitro benzene ring substituents is 2. The molecule has 0 amide bonds. The van der Waals surface area contributed by atoms with Crippen molar-refractivity contribution in [3.63, 3.8) is 0 Å². The molecular formula is C34H37Cl5N4O9. The van der Waals surface area contributed by atoms with E-state index in [4.69, 9.17) is 82.1 Å². The van der Waals surface area contributed by atoms with Crippen LogP contribution in [0, 0.1) is 20.2 Å². The first-order chi connectivity index (χ1) is 24.5. The Labute approximate surface area is 326 Å². The molecule has 4 aromatic rings. The van der Waals surface area contributed by atoms with Crippen LogP contribution in [0.15, 0.2) is 48.8 Å². The highest BCUT2D eigenvalue weighted by molar-refractivity contribution is 6.48. The zero-order valence-corrected chi connectivity index (χ0v) is 32.8.